The van der Waals surface area contributed by atoms with Gasteiger partial charge in [-0.25, -0.2) is 8.78 Å². The summed E-state index contributed by atoms with van der Waals surface area (Å²) < 4.78 is 37.9. The molecular formula is C15H13ClF2O3. The zero-order valence-electron chi connectivity index (χ0n) is 11.4. The van der Waals surface area contributed by atoms with Crippen LogP contribution in [-0.2, 0) is 0 Å². The Balaban J connectivity index is 2.50. The molecule has 3 nitrogen and oxygen atoms in total. The van der Waals surface area contributed by atoms with Gasteiger partial charge in [0.2, 0.25) is 0 Å². The van der Waals surface area contributed by atoms with Crippen molar-refractivity contribution in [1.29, 1.82) is 0 Å². The third kappa shape index (κ3) is 3.09. The van der Waals surface area contributed by atoms with E-state index in [-0.39, 0.29) is 27.6 Å². The van der Waals surface area contributed by atoms with E-state index >= 15 is 0 Å². The Hall–Kier alpha value is -1.85. The number of benzene rings is 2. The van der Waals surface area contributed by atoms with Crippen LogP contribution in [0.15, 0.2) is 30.3 Å². The van der Waals surface area contributed by atoms with Crippen molar-refractivity contribution in [2.24, 2.45) is 0 Å². The molecule has 112 valence electrons. The van der Waals surface area contributed by atoms with Gasteiger partial charge in [-0.05, 0) is 18.2 Å². The van der Waals surface area contributed by atoms with Crippen LogP contribution in [0.2, 0.25) is 5.02 Å². The molecule has 0 fully saturated rings. The van der Waals surface area contributed by atoms with Gasteiger partial charge in [0, 0.05) is 22.2 Å². The van der Waals surface area contributed by atoms with Gasteiger partial charge in [0.15, 0.2) is 11.5 Å². The van der Waals surface area contributed by atoms with Crippen LogP contribution in [0.3, 0.4) is 0 Å². The summed E-state index contributed by atoms with van der Waals surface area (Å²) in [4.78, 5) is 0. The zero-order chi connectivity index (χ0) is 15.6. The number of halogens is 3. The lowest BCUT2D eigenvalue weighted by molar-refractivity contribution is 0.208. The van der Waals surface area contributed by atoms with E-state index in [9.17, 15) is 13.9 Å². The molecule has 0 saturated heterocycles. The number of rotatable bonds is 4. The van der Waals surface area contributed by atoms with Crippen molar-refractivity contribution in [3.63, 3.8) is 0 Å². The second kappa shape index (κ2) is 6.28. The highest BCUT2D eigenvalue weighted by molar-refractivity contribution is 6.30. The summed E-state index contributed by atoms with van der Waals surface area (Å²) in [7, 11) is 2.75. The first-order valence-electron chi connectivity index (χ1n) is 6.02. The average molecular weight is 315 g/mol. The Bertz CT molecular complexity index is 662. The van der Waals surface area contributed by atoms with Crippen LogP contribution in [0.4, 0.5) is 8.78 Å². The maximum Gasteiger partial charge on any atom is 0.163 e. The molecule has 0 aliphatic heterocycles. The number of methoxy groups -OCH3 is 2. The van der Waals surface area contributed by atoms with Crippen molar-refractivity contribution in [3.05, 3.63) is 58.1 Å². The first-order valence-corrected chi connectivity index (χ1v) is 6.40. The molecule has 0 heterocycles. The normalized spacial score (nSPS) is 12.1. The fraction of sp³-hybridized carbons (Fsp3) is 0.200. The minimum absolute atomic E-state index is 0.0782. The predicted octanol–water partition coefficient (Wildman–Crippen LogP) is 3.72. The number of ether oxygens (including phenoxy) is 2. The Morgan fingerprint density at radius 1 is 0.952 bits per heavy atom. The van der Waals surface area contributed by atoms with E-state index < -0.39 is 17.7 Å². The molecule has 0 aromatic heterocycles. The summed E-state index contributed by atoms with van der Waals surface area (Å²) in [5, 5.41) is 10.4. The van der Waals surface area contributed by atoms with Crippen LogP contribution >= 0.6 is 11.6 Å². The number of hydrogen-bond donors (Lipinski definition) is 1. The fourth-order valence-electron chi connectivity index (χ4n) is 1.97. The Labute approximate surface area is 125 Å². The van der Waals surface area contributed by atoms with Crippen LogP contribution in [0.25, 0.3) is 0 Å². The van der Waals surface area contributed by atoms with E-state index in [4.69, 9.17) is 21.1 Å². The number of hydrogen-bond acceptors (Lipinski definition) is 3. The summed E-state index contributed by atoms with van der Waals surface area (Å²) >= 11 is 5.65. The molecule has 1 N–H and O–H groups in total. The van der Waals surface area contributed by atoms with Crippen LogP contribution in [0.5, 0.6) is 11.5 Å². The zero-order valence-corrected chi connectivity index (χ0v) is 12.1. The molecule has 0 radical (unpaired) electrons. The van der Waals surface area contributed by atoms with Crippen molar-refractivity contribution >= 4 is 11.6 Å². The van der Waals surface area contributed by atoms with E-state index in [0.717, 1.165) is 12.1 Å². The largest absolute Gasteiger partial charge is 0.493 e. The van der Waals surface area contributed by atoms with E-state index in [1.165, 1.54) is 32.4 Å². The summed E-state index contributed by atoms with van der Waals surface area (Å²) in [6.07, 6.45) is -1.48. The van der Waals surface area contributed by atoms with Gasteiger partial charge in [-0.3, -0.25) is 0 Å². The molecule has 2 rings (SSSR count). The second-order valence-electron chi connectivity index (χ2n) is 4.30. The summed E-state index contributed by atoms with van der Waals surface area (Å²) in [5.41, 5.74) is -0.195. The lowest BCUT2D eigenvalue weighted by Crippen LogP contribution is -2.06. The van der Waals surface area contributed by atoms with E-state index in [1.54, 1.807) is 0 Å². The van der Waals surface area contributed by atoms with Crippen molar-refractivity contribution < 1.29 is 23.4 Å². The highest BCUT2D eigenvalue weighted by atomic mass is 35.5. The second-order valence-corrected chi connectivity index (χ2v) is 4.73. The molecule has 0 amide bonds. The van der Waals surface area contributed by atoms with E-state index in [1.807, 2.05) is 0 Å². The van der Waals surface area contributed by atoms with Gasteiger partial charge < -0.3 is 14.6 Å². The van der Waals surface area contributed by atoms with Crippen LogP contribution < -0.4 is 9.47 Å². The molecule has 0 spiro atoms. The predicted molar refractivity (Wildman–Crippen MR) is 75.0 cm³/mol. The quantitative estimate of drug-likeness (QED) is 0.935. The summed E-state index contributed by atoms with van der Waals surface area (Å²) in [5.74, 6) is -1.02. The highest BCUT2D eigenvalue weighted by Gasteiger charge is 2.21. The maximum atomic E-state index is 14.1. The molecule has 1 atom stereocenters. The van der Waals surface area contributed by atoms with Gasteiger partial charge in [-0.15, -0.1) is 0 Å². The Morgan fingerprint density at radius 3 is 2.10 bits per heavy atom. The lowest BCUT2D eigenvalue weighted by Gasteiger charge is -2.16. The topological polar surface area (TPSA) is 38.7 Å². The molecule has 0 aliphatic rings. The maximum absolute atomic E-state index is 14.1. The van der Waals surface area contributed by atoms with Crippen molar-refractivity contribution in [2.75, 3.05) is 14.2 Å². The molecule has 0 bridgehead atoms. The van der Waals surface area contributed by atoms with Crippen molar-refractivity contribution in [1.82, 2.24) is 0 Å². The summed E-state index contributed by atoms with van der Waals surface area (Å²) in [6, 6.07) is 6.12. The van der Waals surface area contributed by atoms with Gasteiger partial charge in [0.25, 0.3) is 0 Å². The first kappa shape index (κ1) is 15.5. The lowest BCUT2D eigenvalue weighted by atomic mass is 10.00. The fourth-order valence-corrected chi connectivity index (χ4v) is 2.13. The monoisotopic (exact) mass is 314 g/mol. The van der Waals surface area contributed by atoms with Crippen molar-refractivity contribution in [2.45, 2.75) is 6.10 Å². The van der Waals surface area contributed by atoms with E-state index in [0.29, 0.717) is 0 Å². The van der Waals surface area contributed by atoms with Gasteiger partial charge in [-0.1, -0.05) is 17.7 Å². The van der Waals surface area contributed by atoms with Gasteiger partial charge >= 0.3 is 0 Å². The molecule has 0 aliphatic carbocycles. The Kier molecular flexibility index (Phi) is 4.65. The van der Waals surface area contributed by atoms with Gasteiger partial charge in [-0.2, -0.15) is 0 Å². The van der Waals surface area contributed by atoms with Crippen LogP contribution in [0.1, 0.15) is 17.2 Å². The van der Waals surface area contributed by atoms with Crippen molar-refractivity contribution in [3.8, 4) is 11.5 Å². The third-order valence-corrected chi connectivity index (χ3v) is 3.29. The molecule has 6 heteroatoms. The Morgan fingerprint density at radius 2 is 1.52 bits per heavy atom. The van der Waals surface area contributed by atoms with Gasteiger partial charge in [0.05, 0.1) is 14.2 Å². The SMILES string of the molecule is COc1cc(F)c(C(O)c2ccc(Cl)cc2F)cc1OC. The minimum Gasteiger partial charge on any atom is -0.493 e. The van der Waals surface area contributed by atoms with Crippen LogP contribution in [0, 0.1) is 11.6 Å². The standard InChI is InChI=1S/C15H13ClF2O3/c1-20-13-6-10(12(18)7-14(13)21-2)15(19)9-4-3-8(16)5-11(9)17/h3-7,15,19H,1-2H3. The van der Waals surface area contributed by atoms with E-state index in [2.05, 4.69) is 0 Å². The minimum atomic E-state index is -1.48. The molecule has 0 saturated carbocycles. The molecule has 1 unspecified atom stereocenters. The van der Waals surface area contributed by atoms with Crippen LogP contribution in [-0.4, -0.2) is 19.3 Å². The highest BCUT2D eigenvalue weighted by Crippen LogP contribution is 2.35. The van der Waals surface area contributed by atoms with Gasteiger partial charge in [0.1, 0.15) is 17.7 Å². The number of aliphatic hydroxyl groups excluding tert-OH is 1. The smallest absolute Gasteiger partial charge is 0.163 e. The first-order chi connectivity index (χ1) is 9.97. The molecule has 2 aromatic carbocycles. The average Bonchev–Trinajstić information content (AvgIpc) is 2.46. The molecule has 21 heavy (non-hydrogen) atoms. The third-order valence-electron chi connectivity index (χ3n) is 3.05. The summed E-state index contributed by atoms with van der Waals surface area (Å²) in [6.45, 7) is 0. The molecular weight excluding hydrogens is 302 g/mol. The number of aliphatic hydroxyl groups is 1. The molecule has 2 aromatic rings.